The highest BCUT2D eigenvalue weighted by molar-refractivity contribution is 5.60. The van der Waals surface area contributed by atoms with Gasteiger partial charge in [0.05, 0.1) is 18.9 Å². The summed E-state index contributed by atoms with van der Waals surface area (Å²) in [7, 11) is 0. The molecule has 0 spiro atoms. The van der Waals surface area contributed by atoms with Crippen LogP contribution in [-0.2, 0) is 11.3 Å². The van der Waals surface area contributed by atoms with Crippen molar-refractivity contribution in [2.75, 3.05) is 36.9 Å². The zero-order valence-electron chi connectivity index (χ0n) is 14.7. The standard InChI is InChI=1S/C18H19N7O2/c19-17-21-10-14(11-22-17)15-8-16(27-12-13-2-1-3-20-9-13)24-18(23-15)25-4-6-26-7-5-25/h1-3,8-11H,4-7,12H2,(H2,19,21,22). The first-order valence-electron chi connectivity index (χ1n) is 8.59. The van der Waals surface area contributed by atoms with E-state index in [9.17, 15) is 0 Å². The van der Waals surface area contributed by atoms with Gasteiger partial charge < -0.3 is 20.1 Å². The number of ether oxygens (including phenoxy) is 2. The Hall–Kier alpha value is -3.33. The van der Waals surface area contributed by atoms with E-state index < -0.39 is 0 Å². The van der Waals surface area contributed by atoms with E-state index in [1.54, 1.807) is 30.9 Å². The Balaban J connectivity index is 1.64. The molecule has 0 bridgehead atoms. The van der Waals surface area contributed by atoms with Crippen molar-refractivity contribution in [3.8, 4) is 17.1 Å². The van der Waals surface area contributed by atoms with Gasteiger partial charge in [-0.1, -0.05) is 6.07 Å². The Morgan fingerprint density at radius 1 is 1.11 bits per heavy atom. The largest absolute Gasteiger partial charge is 0.473 e. The first-order valence-corrected chi connectivity index (χ1v) is 8.59. The van der Waals surface area contributed by atoms with Gasteiger partial charge in [-0.15, -0.1) is 0 Å². The number of nitrogen functional groups attached to an aromatic ring is 1. The highest BCUT2D eigenvalue weighted by Gasteiger charge is 2.17. The number of hydrogen-bond acceptors (Lipinski definition) is 9. The molecule has 0 atom stereocenters. The monoisotopic (exact) mass is 365 g/mol. The lowest BCUT2D eigenvalue weighted by molar-refractivity contribution is 0.122. The Morgan fingerprint density at radius 3 is 2.67 bits per heavy atom. The molecule has 9 nitrogen and oxygen atoms in total. The summed E-state index contributed by atoms with van der Waals surface area (Å²) in [5.41, 5.74) is 7.96. The van der Waals surface area contributed by atoms with Crippen molar-refractivity contribution in [3.05, 3.63) is 48.5 Å². The summed E-state index contributed by atoms with van der Waals surface area (Å²) in [5.74, 6) is 1.28. The third-order valence-electron chi connectivity index (χ3n) is 4.06. The summed E-state index contributed by atoms with van der Waals surface area (Å²) in [6, 6.07) is 5.59. The number of nitrogens with two attached hydrogens (primary N) is 1. The van der Waals surface area contributed by atoms with E-state index in [0.29, 0.717) is 37.3 Å². The number of nitrogens with zero attached hydrogens (tertiary/aromatic N) is 6. The Labute approximate surface area is 156 Å². The lowest BCUT2D eigenvalue weighted by atomic mass is 10.2. The van der Waals surface area contributed by atoms with Crippen LogP contribution in [0.5, 0.6) is 5.88 Å². The summed E-state index contributed by atoms with van der Waals surface area (Å²) < 4.78 is 11.3. The quantitative estimate of drug-likeness (QED) is 0.715. The van der Waals surface area contributed by atoms with Crippen LogP contribution in [0.25, 0.3) is 11.3 Å². The molecule has 3 aromatic heterocycles. The maximum Gasteiger partial charge on any atom is 0.229 e. The number of anilines is 2. The number of pyridine rings is 1. The van der Waals surface area contributed by atoms with E-state index in [-0.39, 0.29) is 5.95 Å². The van der Waals surface area contributed by atoms with Crippen LogP contribution in [0.4, 0.5) is 11.9 Å². The first kappa shape index (κ1) is 17.1. The van der Waals surface area contributed by atoms with Gasteiger partial charge in [0.15, 0.2) is 0 Å². The number of morpholine rings is 1. The summed E-state index contributed by atoms with van der Waals surface area (Å²) in [4.78, 5) is 23.5. The zero-order valence-corrected chi connectivity index (χ0v) is 14.7. The molecule has 9 heteroatoms. The third-order valence-corrected chi connectivity index (χ3v) is 4.06. The van der Waals surface area contributed by atoms with Gasteiger partial charge in [0.2, 0.25) is 17.8 Å². The van der Waals surface area contributed by atoms with Crippen LogP contribution in [-0.4, -0.2) is 51.2 Å². The maximum absolute atomic E-state index is 5.89. The van der Waals surface area contributed by atoms with E-state index in [0.717, 1.165) is 24.2 Å². The molecule has 0 saturated carbocycles. The van der Waals surface area contributed by atoms with Crippen molar-refractivity contribution < 1.29 is 9.47 Å². The van der Waals surface area contributed by atoms with Gasteiger partial charge in [-0.2, -0.15) is 4.98 Å². The fourth-order valence-electron chi connectivity index (χ4n) is 2.65. The summed E-state index contributed by atoms with van der Waals surface area (Å²) in [5, 5.41) is 0. The van der Waals surface area contributed by atoms with Crippen LogP contribution in [0, 0.1) is 0 Å². The van der Waals surface area contributed by atoms with Gasteiger partial charge in [-0.3, -0.25) is 4.98 Å². The molecule has 1 aliphatic heterocycles. The molecule has 1 aliphatic rings. The van der Waals surface area contributed by atoms with Crippen molar-refractivity contribution in [1.82, 2.24) is 24.9 Å². The average Bonchev–Trinajstić information content (AvgIpc) is 2.74. The zero-order chi connectivity index (χ0) is 18.5. The SMILES string of the molecule is Nc1ncc(-c2cc(OCc3cccnc3)nc(N3CCOCC3)n2)cn1. The van der Waals surface area contributed by atoms with Gasteiger partial charge in [-0.25, -0.2) is 15.0 Å². The molecule has 2 N–H and O–H groups in total. The van der Waals surface area contributed by atoms with Gasteiger partial charge in [0.1, 0.15) is 6.61 Å². The van der Waals surface area contributed by atoms with E-state index in [4.69, 9.17) is 15.2 Å². The average molecular weight is 365 g/mol. The fourth-order valence-corrected chi connectivity index (χ4v) is 2.65. The van der Waals surface area contributed by atoms with Crippen LogP contribution < -0.4 is 15.4 Å². The molecular formula is C18H19N7O2. The third kappa shape index (κ3) is 4.26. The smallest absolute Gasteiger partial charge is 0.229 e. The second kappa shape index (κ2) is 7.92. The minimum atomic E-state index is 0.217. The van der Waals surface area contributed by atoms with Crippen LogP contribution in [0.15, 0.2) is 43.0 Å². The van der Waals surface area contributed by atoms with Gasteiger partial charge in [0.25, 0.3) is 0 Å². The predicted octanol–water partition coefficient (Wildman–Crippen LogP) is 1.33. The molecule has 27 heavy (non-hydrogen) atoms. The Kier molecular flexibility index (Phi) is 5.01. The number of aromatic nitrogens is 5. The summed E-state index contributed by atoms with van der Waals surface area (Å²) in [6.45, 7) is 3.10. The highest BCUT2D eigenvalue weighted by atomic mass is 16.5. The Morgan fingerprint density at radius 2 is 1.93 bits per heavy atom. The van der Waals surface area contributed by atoms with Gasteiger partial charge in [-0.05, 0) is 6.07 Å². The van der Waals surface area contributed by atoms with Crippen LogP contribution >= 0.6 is 0 Å². The molecule has 0 radical (unpaired) electrons. The summed E-state index contributed by atoms with van der Waals surface area (Å²) >= 11 is 0. The molecule has 3 aromatic rings. The molecule has 0 aromatic carbocycles. The molecule has 138 valence electrons. The highest BCUT2D eigenvalue weighted by Crippen LogP contribution is 2.24. The van der Waals surface area contributed by atoms with Crippen molar-refractivity contribution in [3.63, 3.8) is 0 Å². The van der Waals surface area contributed by atoms with Gasteiger partial charge in [0, 0.05) is 55.1 Å². The first-order chi connectivity index (χ1) is 13.3. The van der Waals surface area contributed by atoms with E-state index in [2.05, 4.69) is 29.8 Å². The molecule has 1 fully saturated rings. The topological polar surface area (TPSA) is 112 Å². The molecule has 0 aliphatic carbocycles. The normalized spacial score (nSPS) is 14.1. The van der Waals surface area contributed by atoms with Crippen LogP contribution in [0.1, 0.15) is 5.56 Å². The molecule has 0 unspecified atom stereocenters. The van der Waals surface area contributed by atoms with E-state index >= 15 is 0 Å². The number of hydrogen-bond donors (Lipinski definition) is 1. The maximum atomic E-state index is 5.89. The van der Waals surface area contributed by atoms with E-state index in [1.165, 1.54) is 0 Å². The minimum Gasteiger partial charge on any atom is -0.473 e. The van der Waals surface area contributed by atoms with Gasteiger partial charge >= 0.3 is 0 Å². The number of rotatable bonds is 5. The van der Waals surface area contributed by atoms with Crippen molar-refractivity contribution in [2.45, 2.75) is 6.61 Å². The Bertz CT molecular complexity index is 884. The fraction of sp³-hybridized carbons (Fsp3) is 0.278. The van der Waals surface area contributed by atoms with Crippen molar-refractivity contribution in [1.29, 1.82) is 0 Å². The molecule has 4 heterocycles. The molecule has 1 saturated heterocycles. The predicted molar refractivity (Wildman–Crippen MR) is 99.1 cm³/mol. The second-order valence-corrected chi connectivity index (χ2v) is 5.97. The molecular weight excluding hydrogens is 346 g/mol. The lowest BCUT2D eigenvalue weighted by Gasteiger charge is -2.27. The second-order valence-electron chi connectivity index (χ2n) is 5.97. The molecule has 4 rings (SSSR count). The molecule has 0 amide bonds. The van der Waals surface area contributed by atoms with Crippen molar-refractivity contribution in [2.24, 2.45) is 0 Å². The van der Waals surface area contributed by atoms with E-state index in [1.807, 2.05) is 12.1 Å². The lowest BCUT2D eigenvalue weighted by Crippen LogP contribution is -2.37. The summed E-state index contributed by atoms with van der Waals surface area (Å²) in [6.07, 6.45) is 6.76. The van der Waals surface area contributed by atoms with Crippen LogP contribution in [0.2, 0.25) is 0 Å². The minimum absolute atomic E-state index is 0.217. The van der Waals surface area contributed by atoms with Crippen LogP contribution in [0.3, 0.4) is 0 Å². The van der Waals surface area contributed by atoms with Crippen molar-refractivity contribution >= 4 is 11.9 Å².